The first-order valence-corrected chi connectivity index (χ1v) is 9.21. The smallest absolute Gasteiger partial charge is 0.242 e. The molecule has 1 atom stereocenters. The van der Waals surface area contributed by atoms with E-state index in [0.29, 0.717) is 18.3 Å². The molecular formula is C16H18IN3O2S. The van der Waals surface area contributed by atoms with Crippen molar-refractivity contribution in [2.75, 3.05) is 13.1 Å². The SMILES string of the molecule is C=CCN1C(=O)[C@H](CC(=O)NCC)SC1=Nc1ccc(I)cc1. The maximum Gasteiger partial charge on any atom is 0.242 e. The normalized spacial score (nSPS) is 19.2. The van der Waals surface area contributed by atoms with Crippen molar-refractivity contribution in [1.82, 2.24) is 10.2 Å². The molecule has 0 spiro atoms. The van der Waals surface area contributed by atoms with Gasteiger partial charge in [0, 0.05) is 23.1 Å². The number of nitrogens with one attached hydrogen (secondary N) is 1. The molecule has 2 rings (SSSR count). The van der Waals surface area contributed by atoms with Crippen molar-refractivity contribution >= 4 is 57.0 Å². The predicted octanol–water partition coefficient (Wildman–Crippen LogP) is 2.93. The minimum atomic E-state index is -0.427. The molecule has 2 amide bonds. The van der Waals surface area contributed by atoms with E-state index in [1.165, 1.54) is 11.8 Å². The molecule has 1 saturated heterocycles. The molecular weight excluding hydrogens is 425 g/mol. The van der Waals surface area contributed by atoms with Gasteiger partial charge in [0.05, 0.1) is 5.69 Å². The van der Waals surface area contributed by atoms with Gasteiger partial charge in [0.1, 0.15) is 5.25 Å². The summed E-state index contributed by atoms with van der Waals surface area (Å²) in [5.74, 6) is -0.210. The quantitative estimate of drug-likeness (QED) is 0.544. The zero-order chi connectivity index (χ0) is 16.8. The van der Waals surface area contributed by atoms with Crippen LogP contribution in [0.25, 0.3) is 0 Å². The Balaban J connectivity index is 2.20. The minimum absolute atomic E-state index is 0.0922. The van der Waals surface area contributed by atoms with Gasteiger partial charge >= 0.3 is 0 Å². The van der Waals surface area contributed by atoms with Crippen molar-refractivity contribution in [3.63, 3.8) is 0 Å². The Morgan fingerprint density at radius 1 is 1.48 bits per heavy atom. The van der Waals surface area contributed by atoms with Crippen molar-refractivity contribution < 1.29 is 9.59 Å². The summed E-state index contributed by atoms with van der Waals surface area (Å²) in [6, 6.07) is 7.74. The van der Waals surface area contributed by atoms with Crippen molar-refractivity contribution in [1.29, 1.82) is 0 Å². The Kier molecular flexibility index (Phi) is 6.64. The van der Waals surface area contributed by atoms with E-state index >= 15 is 0 Å². The van der Waals surface area contributed by atoms with E-state index in [2.05, 4.69) is 39.5 Å². The van der Waals surface area contributed by atoms with Crippen LogP contribution < -0.4 is 5.32 Å². The van der Waals surface area contributed by atoms with Crippen LogP contribution in [0.1, 0.15) is 13.3 Å². The fourth-order valence-electron chi connectivity index (χ4n) is 2.09. The van der Waals surface area contributed by atoms with Crippen LogP contribution in [0.3, 0.4) is 0 Å². The standard InChI is InChI=1S/C16H18IN3O2S/c1-3-9-20-15(22)13(10-14(21)18-4-2)23-16(20)19-12-7-5-11(17)6-8-12/h3,5-8,13H,1,4,9-10H2,2H3,(H,18,21)/t13-/m0/s1. The number of rotatable bonds is 6. The number of carbonyl (C=O) groups is 2. The van der Waals surface area contributed by atoms with Crippen LogP contribution in [0, 0.1) is 3.57 Å². The molecule has 7 heteroatoms. The highest BCUT2D eigenvalue weighted by Crippen LogP contribution is 2.31. The topological polar surface area (TPSA) is 61.8 Å². The Morgan fingerprint density at radius 3 is 2.78 bits per heavy atom. The first-order chi connectivity index (χ1) is 11.0. The molecule has 1 fully saturated rings. The Morgan fingerprint density at radius 2 is 2.17 bits per heavy atom. The van der Waals surface area contributed by atoms with Gasteiger partial charge < -0.3 is 5.32 Å². The summed E-state index contributed by atoms with van der Waals surface area (Å²) >= 11 is 3.57. The second-order valence-electron chi connectivity index (χ2n) is 4.87. The fraction of sp³-hybridized carbons (Fsp3) is 0.312. The lowest BCUT2D eigenvalue weighted by Gasteiger charge is -2.13. The number of nitrogens with zero attached hydrogens (tertiary/aromatic N) is 2. The van der Waals surface area contributed by atoms with Crippen molar-refractivity contribution in [3.05, 3.63) is 40.5 Å². The summed E-state index contributed by atoms with van der Waals surface area (Å²) in [5, 5.41) is 2.92. The molecule has 0 aliphatic carbocycles. The summed E-state index contributed by atoms with van der Waals surface area (Å²) in [5.41, 5.74) is 0.786. The zero-order valence-electron chi connectivity index (χ0n) is 12.8. The molecule has 0 unspecified atom stereocenters. The molecule has 1 aliphatic heterocycles. The van der Waals surface area contributed by atoms with Gasteiger partial charge in [-0.25, -0.2) is 4.99 Å². The number of amidine groups is 1. The number of aliphatic imine (C=N–C) groups is 1. The predicted molar refractivity (Wildman–Crippen MR) is 103 cm³/mol. The molecule has 1 aliphatic rings. The van der Waals surface area contributed by atoms with E-state index in [-0.39, 0.29) is 18.2 Å². The molecule has 1 aromatic carbocycles. The minimum Gasteiger partial charge on any atom is -0.356 e. The molecule has 1 N–H and O–H groups in total. The molecule has 1 heterocycles. The Hall–Kier alpha value is -1.35. The molecule has 0 saturated carbocycles. The Labute approximate surface area is 153 Å². The number of hydrogen-bond donors (Lipinski definition) is 1. The second kappa shape index (κ2) is 8.49. The molecule has 1 aromatic rings. The van der Waals surface area contributed by atoms with Gasteiger partial charge in [-0.15, -0.1) is 6.58 Å². The lowest BCUT2D eigenvalue weighted by Crippen LogP contribution is -2.34. The second-order valence-corrected chi connectivity index (χ2v) is 7.29. The number of amides is 2. The van der Waals surface area contributed by atoms with Crippen LogP contribution in [0.5, 0.6) is 0 Å². The van der Waals surface area contributed by atoms with Gasteiger partial charge in [-0.1, -0.05) is 17.8 Å². The lowest BCUT2D eigenvalue weighted by atomic mass is 10.2. The van der Waals surface area contributed by atoms with Gasteiger partial charge in [-0.3, -0.25) is 14.5 Å². The van der Waals surface area contributed by atoms with Crippen LogP contribution in [0.15, 0.2) is 41.9 Å². The number of benzene rings is 1. The van der Waals surface area contributed by atoms with Gasteiger partial charge in [-0.2, -0.15) is 0 Å². The van der Waals surface area contributed by atoms with Gasteiger partial charge in [0.25, 0.3) is 0 Å². The number of halogens is 1. The summed E-state index contributed by atoms with van der Waals surface area (Å²) in [6.07, 6.45) is 1.83. The summed E-state index contributed by atoms with van der Waals surface area (Å²) in [4.78, 5) is 30.4. The first-order valence-electron chi connectivity index (χ1n) is 7.25. The summed E-state index contributed by atoms with van der Waals surface area (Å²) < 4.78 is 1.12. The number of hydrogen-bond acceptors (Lipinski definition) is 4. The van der Waals surface area contributed by atoms with E-state index in [4.69, 9.17) is 0 Å². The van der Waals surface area contributed by atoms with Gasteiger partial charge in [-0.05, 0) is 53.8 Å². The van der Waals surface area contributed by atoms with Crippen LogP contribution in [-0.2, 0) is 9.59 Å². The fourth-order valence-corrected chi connectivity index (χ4v) is 3.61. The molecule has 122 valence electrons. The van der Waals surface area contributed by atoms with E-state index < -0.39 is 5.25 Å². The van der Waals surface area contributed by atoms with Crippen molar-refractivity contribution in [2.24, 2.45) is 4.99 Å². The highest BCUT2D eigenvalue weighted by molar-refractivity contribution is 14.1. The average molecular weight is 443 g/mol. The maximum absolute atomic E-state index is 12.5. The average Bonchev–Trinajstić information content (AvgIpc) is 2.79. The van der Waals surface area contributed by atoms with E-state index in [0.717, 1.165) is 9.26 Å². The van der Waals surface area contributed by atoms with Crippen LogP contribution in [0.2, 0.25) is 0 Å². The third-order valence-electron chi connectivity index (χ3n) is 3.13. The first kappa shape index (κ1) is 18.0. The highest BCUT2D eigenvalue weighted by Gasteiger charge is 2.38. The van der Waals surface area contributed by atoms with Crippen LogP contribution in [-0.4, -0.2) is 40.2 Å². The monoisotopic (exact) mass is 443 g/mol. The summed E-state index contributed by atoms with van der Waals surface area (Å²) in [7, 11) is 0. The summed E-state index contributed by atoms with van der Waals surface area (Å²) in [6.45, 7) is 6.49. The molecule has 0 aromatic heterocycles. The number of carbonyl (C=O) groups excluding carboxylic acids is 2. The molecule has 23 heavy (non-hydrogen) atoms. The van der Waals surface area contributed by atoms with Crippen LogP contribution in [0.4, 0.5) is 5.69 Å². The maximum atomic E-state index is 12.5. The van der Waals surface area contributed by atoms with Crippen molar-refractivity contribution in [2.45, 2.75) is 18.6 Å². The van der Waals surface area contributed by atoms with E-state index in [1.807, 2.05) is 31.2 Å². The van der Waals surface area contributed by atoms with Crippen molar-refractivity contribution in [3.8, 4) is 0 Å². The third kappa shape index (κ3) is 4.81. The lowest BCUT2D eigenvalue weighted by molar-refractivity contribution is -0.129. The van der Waals surface area contributed by atoms with Gasteiger partial charge in [0.2, 0.25) is 11.8 Å². The molecule has 0 radical (unpaired) electrons. The van der Waals surface area contributed by atoms with Crippen LogP contribution >= 0.6 is 34.4 Å². The molecule has 5 nitrogen and oxygen atoms in total. The largest absolute Gasteiger partial charge is 0.356 e. The van der Waals surface area contributed by atoms with E-state index in [1.54, 1.807) is 11.0 Å². The molecule has 0 bridgehead atoms. The highest BCUT2D eigenvalue weighted by atomic mass is 127. The zero-order valence-corrected chi connectivity index (χ0v) is 15.8. The number of thioether (sulfide) groups is 1. The van der Waals surface area contributed by atoms with E-state index in [9.17, 15) is 9.59 Å². The third-order valence-corrected chi connectivity index (χ3v) is 5.02. The Bertz CT molecular complexity index is 631. The van der Waals surface area contributed by atoms with Gasteiger partial charge in [0.15, 0.2) is 5.17 Å².